The van der Waals surface area contributed by atoms with Gasteiger partial charge in [-0.15, -0.1) is 0 Å². The monoisotopic (exact) mass is 404 g/mol. The van der Waals surface area contributed by atoms with Gasteiger partial charge in [-0.25, -0.2) is 4.98 Å². The molecule has 1 aromatic carbocycles. The Morgan fingerprint density at radius 3 is 2.79 bits per heavy atom. The van der Waals surface area contributed by atoms with Crippen molar-refractivity contribution in [3.05, 3.63) is 46.7 Å². The van der Waals surface area contributed by atoms with Gasteiger partial charge in [-0.05, 0) is 31.5 Å². The van der Waals surface area contributed by atoms with Crippen molar-refractivity contribution in [3.8, 4) is 11.8 Å². The lowest BCUT2D eigenvalue weighted by atomic mass is 10.2. The normalized spacial score (nSPS) is 16.8. The minimum absolute atomic E-state index is 0.0259. The van der Waals surface area contributed by atoms with Gasteiger partial charge < -0.3 is 14.8 Å². The molecular weight excluding hydrogens is 380 g/mol. The Balaban J connectivity index is 1.67. The summed E-state index contributed by atoms with van der Waals surface area (Å²) in [5, 5.41) is 2.95. The van der Waals surface area contributed by atoms with Gasteiger partial charge in [-0.2, -0.15) is 4.98 Å². The van der Waals surface area contributed by atoms with Crippen LogP contribution in [0, 0.1) is 0 Å². The van der Waals surface area contributed by atoms with Crippen LogP contribution in [0.5, 0.6) is 11.8 Å². The predicted octanol–water partition coefficient (Wildman–Crippen LogP) is 2.93. The van der Waals surface area contributed by atoms with Gasteiger partial charge in [-0.1, -0.05) is 48.9 Å². The predicted molar refractivity (Wildman–Crippen MR) is 107 cm³/mol. The van der Waals surface area contributed by atoms with Gasteiger partial charge in [0.2, 0.25) is 5.88 Å². The smallest absolute Gasteiger partial charge is 0.275 e. The zero-order valence-corrected chi connectivity index (χ0v) is 16.9. The topological polar surface area (TPSA) is 76.6 Å². The fourth-order valence-corrected chi connectivity index (χ4v) is 3.51. The summed E-state index contributed by atoms with van der Waals surface area (Å²) in [6, 6.07) is 9.98. The Morgan fingerprint density at radius 1 is 1.29 bits per heavy atom. The third kappa shape index (κ3) is 4.91. The highest BCUT2D eigenvalue weighted by molar-refractivity contribution is 6.30. The van der Waals surface area contributed by atoms with Gasteiger partial charge in [0.25, 0.3) is 11.8 Å². The van der Waals surface area contributed by atoms with E-state index in [0.29, 0.717) is 19.2 Å². The van der Waals surface area contributed by atoms with E-state index in [1.807, 2.05) is 30.3 Å². The Morgan fingerprint density at radius 2 is 2.07 bits per heavy atom. The van der Waals surface area contributed by atoms with Crippen LogP contribution in [-0.4, -0.2) is 53.6 Å². The van der Waals surface area contributed by atoms with E-state index < -0.39 is 0 Å². The van der Waals surface area contributed by atoms with Gasteiger partial charge in [0.05, 0.1) is 7.11 Å². The van der Waals surface area contributed by atoms with Crippen LogP contribution < -0.4 is 14.8 Å². The quantitative estimate of drug-likeness (QED) is 0.729. The highest BCUT2D eigenvalue weighted by Gasteiger charge is 2.25. The molecule has 8 heteroatoms. The first-order valence-corrected chi connectivity index (χ1v) is 9.80. The number of carbonyl (C=O) groups is 1. The lowest BCUT2D eigenvalue weighted by molar-refractivity contribution is 0.0931. The zero-order valence-electron chi connectivity index (χ0n) is 16.2. The van der Waals surface area contributed by atoms with Crippen LogP contribution in [0.25, 0.3) is 0 Å². The summed E-state index contributed by atoms with van der Waals surface area (Å²) in [6.07, 6.45) is 2.22. The lowest BCUT2D eigenvalue weighted by Crippen LogP contribution is -2.40. The maximum atomic E-state index is 12.6. The van der Waals surface area contributed by atoms with Crippen molar-refractivity contribution in [3.63, 3.8) is 0 Å². The average Bonchev–Trinajstić information content (AvgIpc) is 3.19. The second-order valence-electron chi connectivity index (χ2n) is 6.59. The van der Waals surface area contributed by atoms with Crippen LogP contribution in [0.1, 0.15) is 35.8 Å². The van der Waals surface area contributed by atoms with Crippen molar-refractivity contribution in [2.24, 2.45) is 0 Å². The van der Waals surface area contributed by atoms with E-state index in [9.17, 15) is 4.79 Å². The zero-order chi connectivity index (χ0) is 19.9. The molecule has 7 nitrogen and oxygen atoms in total. The molecule has 150 valence electrons. The Kier molecular flexibility index (Phi) is 7.06. The van der Waals surface area contributed by atoms with Crippen molar-refractivity contribution in [1.82, 2.24) is 20.2 Å². The molecule has 1 atom stereocenters. The molecule has 0 saturated carbocycles. The first-order chi connectivity index (χ1) is 13.6. The van der Waals surface area contributed by atoms with E-state index >= 15 is 0 Å². The van der Waals surface area contributed by atoms with E-state index in [1.165, 1.54) is 7.11 Å². The van der Waals surface area contributed by atoms with Crippen molar-refractivity contribution < 1.29 is 14.3 Å². The largest absolute Gasteiger partial charge is 0.479 e. The van der Waals surface area contributed by atoms with Gasteiger partial charge in [-0.3, -0.25) is 9.69 Å². The Hall–Kier alpha value is -2.38. The Labute approximate surface area is 170 Å². The molecule has 3 rings (SSSR count). The molecule has 0 bridgehead atoms. The minimum atomic E-state index is -0.358. The number of nitrogens with zero attached hydrogens (tertiary/aromatic N) is 3. The molecule has 0 radical (unpaired) electrons. The molecule has 0 aliphatic carbocycles. The van der Waals surface area contributed by atoms with Crippen LogP contribution in [-0.2, 0) is 6.61 Å². The molecule has 28 heavy (non-hydrogen) atoms. The molecule has 1 amide bonds. The number of hydrogen-bond donors (Lipinski definition) is 1. The maximum Gasteiger partial charge on any atom is 0.275 e. The molecule has 0 spiro atoms. The third-order valence-corrected chi connectivity index (χ3v) is 5.07. The first kappa shape index (κ1) is 20.4. The average molecular weight is 405 g/mol. The molecule has 2 heterocycles. The number of likely N-dealkylation sites (tertiary alicyclic amines) is 1. The molecule has 1 aliphatic rings. The minimum Gasteiger partial charge on any atom is -0.479 e. The maximum absolute atomic E-state index is 12.6. The molecule has 1 fully saturated rings. The van der Waals surface area contributed by atoms with Crippen LogP contribution in [0.15, 0.2) is 30.3 Å². The van der Waals surface area contributed by atoms with Gasteiger partial charge in [0.15, 0.2) is 10.8 Å². The van der Waals surface area contributed by atoms with Crippen LogP contribution in [0.3, 0.4) is 0 Å². The molecule has 1 unspecified atom stereocenters. The number of aromatic nitrogens is 2. The van der Waals surface area contributed by atoms with Crippen LogP contribution >= 0.6 is 11.6 Å². The SMILES string of the molecule is CCN1CCCC1CNC(=O)c1nc(Cl)c(OCc2ccccc2)nc1OC. The van der Waals surface area contributed by atoms with Crippen molar-refractivity contribution in [1.29, 1.82) is 0 Å². The van der Waals surface area contributed by atoms with E-state index in [-0.39, 0.29) is 28.5 Å². The highest BCUT2D eigenvalue weighted by Crippen LogP contribution is 2.26. The summed E-state index contributed by atoms with van der Waals surface area (Å²) in [6.45, 7) is 5.02. The summed E-state index contributed by atoms with van der Waals surface area (Å²) in [5.74, 6) is -0.139. The number of carbonyl (C=O) groups excluding carboxylic acids is 1. The number of nitrogens with one attached hydrogen (secondary N) is 1. The Bertz CT molecular complexity index is 804. The fraction of sp³-hybridized carbons (Fsp3) is 0.450. The molecular formula is C20H25ClN4O3. The summed E-state index contributed by atoms with van der Waals surface area (Å²) in [7, 11) is 1.44. The molecule has 2 aromatic rings. The van der Waals surface area contributed by atoms with E-state index in [2.05, 4.69) is 27.1 Å². The number of benzene rings is 1. The lowest BCUT2D eigenvalue weighted by Gasteiger charge is -2.22. The van der Waals surface area contributed by atoms with E-state index in [1.54, 1.807) is 0 Å². The summed E-state index contributed by atoms with van der Waals surface area (Å²) >= 11 is 6.20. The number of halogens is 1. The number of rotatable bonds is 8. The second kappa shape index (κ2) is 9.71. The molecule has 1 aromatic heterocycles. The van der Waals surface area contributed by atoms with Crippen LogP contribution in [0.4, 0.5) is 0 Å². The van der Waals surface area contributed by atoms with Crippen molar-refractivity contribution in [2.45, 2.75) is 32.4 Å². The summed E-state index contributed by atoms with van der Waals surface area (Å²) in [4.78, 5) is 23.4. The summed E-state index contributed by atoms with van der Waals surface area (Å²) < 4.78 is 10.9. The first-order valence-electron chi connectivity index (χ1n) is 9.42. The fourth-order valence-electron chi connectivity index (χ4n) is 3.33. The number of hydrogen-bond acceptors (Lipinski definition) is 6. The van der Waals surface area contributed by atoms with Crippen LogP contribution in [0.2, 0.25) is 5.15 Å². The number of methoxy groups -OCH3 is 1. The number of amides is 1. The highest BCUT2D eigenvalue weighted by atomic mass is 35.5. The van der Waals surface area contributed by atoms with Crippen molar-refractivity contribution >= 4 is 17.5 Å². The van der Waals surface area contributed by atoms with Gasteiger partial charge >= 0.3 is 0 Å². The number of likely N-dealkylation sites (N-methyl/N-ethyl adjacent to an activating group) is 1. The van der Waals surface area contributed by atoms with Crippen molar-refractivity contribution in [2.75, 3.05) is 26.7 Å². The molecule has 1 N–H and O–H groups in total. The molecule has 1 saturated heterocycles. The standard InChI is InChI=1S/C20H25ClN4O3/c1-3-25-11-7-10-15(25)12-22-18(26)16-19(27-2)24-20(17(21)23-16)28-13-14-8-5-4-6-9-14/h4-6,8-9,15H,3,7,10-13H2,1-2H3,(H,22,26). The third-order valence-electron chi connectivity index (χ3n) is 4.82. The van der Waals surface area contributed by atoms with E-state index in [0.717, 1.165) is 31.5 Å². The van der Waals surface area contributed by atoms with Gasteiger partial charge in [0.1, 0.15) is 6.61 Å². The second-order valence-corrected chi connectivity index (χ2v) is 6.94. The summed E-state index contributed by atoms with van der Waals surface area (Å²) in [5.41, 5.74) is 1.03. The van der Waals surface area contributed by atoms with Gasteiger partial charge in [0, 0.05) is 12.6 Å². The molecule has 1 aliphatic heterocycles. The van der Waals surface area contributed by atoms with E-state index in [4.69, 9.17) is 21.1 Å². The number of ether oxygens (including phenoxy) is 2.